The number of ether oxygens (including phenoxy) is 2. The van der Waals surface area contributed by atoms with E-state index in [1.54, 1.807) is 32.4 Å². The summed E-state index contributed by atoms with van der Waals surface area (Å²) < 4.78 is 10.7. The van der Waals surface area contributed by atoms with E-state index in [9.17, 15) is 4.79 Å². The minimum Gasteiger partial charge on any atom is -0.496 e. The molecule has 20 heavy (non-hydrogen) atoms. The number of carbonyl (C=O) groups excluding carboxylic acids is 1. The summed E-state index contributed by atoms with van der Waals surface area (Å²) in [6.07, 6.45) is 0.820. The number of hydrogen-bond donors (Lipinski definition) is 2. The zero-order chi connectivity index (χ0) is 15.0. The first-order valence-corrected chi connectivity index (χ1v) is 7.20. The van der Waals surface area contributed by atoms with Crippen molar-refractivity contribution in [1.82, 2.24) is 10.6 Å². The molecule has 0 unspecified atom stereocenters. The third-order valence-electron chi connectivity index (χ3n) is 2.45. The van der Waals surface area contributed by atoms with Crippen LogP contribution in [0.3, 0.4) is 0 Å². The summed E-state index contributed by atoms with van der Waals surface area (Å²) in [7, 11) is 3.21. The lowest BCUT2D eigenvalue weighted by atomic mass is 10.2. The average molecular weight is 361 g/mol. The maximum atomic E-state index is 12.0. The van der Waals surface area contributed by atoms with Gasteiger partial charge in [0.25, 0.3) is 5.91 Å². The molecular weight excluding hydrogens is 344 g/mol. The van der Waals surface area contributed by atoms with Crippen LogP contribution in [-0.4, -0.2) is 38.4 Å². The Labute approximate surface area is 132 Å². The highest BCUT2D eigenvalue weighted by Crippen LogP contribution is 2.25. The zero-order valence-electron chi connectivity index (χ0n) is 11.4. The Kier molecular flexibility index (Phi) is 7.50. The molecule has 1 aromatic rings. The van der Waals surface area contributed by atoms with Crippen molar-refractivity contribution in [2.24, 2.45) is 0 Å². The molecule has 0 bridgehead atoms. The highest BCUT2D eigenvalue weighted by Gasteiger charge is 2.10. The van der Waals surface area contributed by atoms with Gasteiger partial charge in [-0.3, -0.25) is 10.1 Å². The number of halogens is 1. The van der Waals surface area contributed by atoms with Crippen LogP contribution >= 0.6 is 28.1 Å². The molecular formula is C13H17BrN2O3S. The SMILES string of the molecule is COCCCNC(=S)NC(=O)c1ccc(OC)c(Br)c1. The number of benzene rings is 1. The molecule has 0 saturated heterocycles. The van der Waals surface area contributed by atoms with E-state index in [4.69, 9.17) is 21.7 Å². The second kappa shape index (κ2) is 8.89. The van der Waals surface area contributed by atoms with Crippen LogP contribution in [0, 0.1) is 0 Å². The fraction of sp³-hybridized carbons (Fsp3) is 0.385. The zero-order valence-corrected chi connectivity index (χ0v) is 13.8. The van der Waals surface area contributed by atoms with Gasteiger partial charge in [-0.15, -0.1) is 0 Å². The molecule has 0 aliphatic carbocycles. The van der Waals surface area contributed by atoms with Crippen molar-refractivity contribution in [3.05, 3.63) is 28.2 Å². The van der Waals surface area contributed by atoms with E-state index in [2.05, 4.69) is 26.6 Å². The van der Waals surface area contributed by atoms with Gasteiger partial charge in [-0.1, -0.05) is 0 Å². The Hall–Kier alpha value is -1.18. The monoisotopic (exact) mass is 360 g/mol. The first-order chi connectivity index (χ1) is 9.58. The molecule has 0 spiro atoms. The minimum absolute atomic E-state index is 0.266. The summed E-state index contributed by atoms with van der Waals surface area (Å²) in [5.74, 6) is 0.402. The number of hydrogen-bond acceptors (Lipinski definition) is 4. The van der Waals surface area contributed by atoms with Crippen LogP contribution in [0.15, 0.2) is 22.7 Å². The molecule has 2 N–H and O–H groups in total. The molecule has 0 saturated carbocycles. The quantitative estimate of drug-likeness (QED) is 0.600. The lowest BCUT2D eigenvalue weighted by molar-refractivity contribution is 0.0976. The van der Waals surface area contributed by atoms with Gasteiger partial charge >= 0.3 is 0 Å². The van der Waals surface area contributed by atoms with E-state index in [-0.39, 0.29) is 5.91 Å². The Bertz CT molecular complexity index is 483. The smallest absolute Gasteiger partial charge is 0.257 e. The first kappa shape index (κ1) is 16.9. The Morgan fingerprint density at radius 2 is 2.15 bits per heavy atom. The van der Waals surface area contributed by atoms with E-state index in [0.717, 1.165) is 6.42 Å². The van der Waals surface area contributed by atoms with Crippen molar-refractivity contribution in [3.63, 3.8) is 0 Å². The number of carbonyl (C=O) groups is 1. The van der Waals surface area contributed by atoms with Gasteiger partial charge in [-0.25, -0.2) is 0 Å². The third-order valence-corrected chi connectivity index (χ3v) is 3.32. The first-order valence-electron chi connectivity index (χ1n) is 6.00. The molecule has 1 aromatic carbocycles. The van der Waals surface area contributed by atoms with Crippen molar-refractivity contribution >= 4 is 39.2 Å². The minimum atomic E-state index is -0.266. The van der Waals surface area contributed by atoms with Crippen molar-refractivity contribution < 1.29 is 14.3 Å². The molecule has 0 aromatic heterocycles. The number of amides is 1. The van der Waals surface area contributed by atoms with Crippen molar-refractivity contribution in [2.75, 3.05) is 27.4 Å². The van der Waals surface area contributed by atoms with Crippen molar-refractivity contribution in [3.8, 4) is 5.75 Å². The predicted octanol–water partition coefficient (Wildman–Crippen LogP) is 2.10. The summed E-state index contributed by atoms with van der Waals surface area (Å²) in [6, 6.07) is 5.07. The lowest BCUT2D eigenvalue weighted by Gasteiger charge is -2.10. The second-order valence-electron chi connectivity index (χ2n) is 3.91. The molecule has 0 heterocycles. The molecule has 0 atom stereocenters. The highest BCUT2D eigenvalue weighted by molar-refractivity contribution is 9.10. The molecule has 1 rings (SSSR count). The molecule has 0 aliphatic rings. The van der Waals surface area contributed by atoms with E-state index in [0.29, 0.717) is 34.0 Å². The van der Waals surface area contributed by atoms with Gasteiger partial charge in [-0.2, -0.15) is 0 Å². The number of methoxy groups -OCH3 is 2. The molecule has 0 fully saturated rings. The van der Waals surface area contributed by atoms with Crippen molar-refractivity contribution in [2.45, 2.75) is 6.42 Å². The van der Waals surface area contributed by atoms with Gasteiger partial charge in [0.15, 0.2) is 5.11 Å². The summed E-state index contributed by atoms with van der Waals surface area (Å²) >= 11 is 8.37. The lowest BCUT2D eigenvalue weighted by Crippen LogP contribution is -2.39. The fourth-order valence-electron chi connectivity index (χ4n) is 1.45. The number of thiocarbonyl (C=S) groups is 1. The van der Waals surface area contributed by atoms with E-state index >= 15 is 0 Å². The van der Waals surface area contributed by atoms with Gasteiger partial charge < -0.3 is 14.8 Å². The maximum absolute atomic E-state index is 12.0. The van der Waals surface area contributed by atoms with E-state index in [1.165, 1.54) is 0 Å². The van der Waals surface area contributed by atoms with Crippen LogP contribution < -0.4 is 15.4 Å². The van der Waals surface area contributed by atoms with Crippen LogP contribution in [0.2, 0.25) is 0 Å². The topological polar surface area (TPSA) is 59.6 Å². The van der Waals surface area contributed by atoms with E-state index in [1.807, 2.05) is 0 Å². The number of nitrogens with one attached hydrogen (secondary N) is 2. The van der Waals surface area contributed by atoms with Crippen LogP contribution in [-0.2, 0) is 4.74 Å². The molecule has 7 heteroatoms. The largest absolute Gasteiger partial charge is 0.496 e. The van der Waals surface area contributed by atoms with Gasteiger partial charge in [0.1, 0.15) is 5.75 Å². The molecule has 5 nitrogen and oxygen atoms in total. The van der Waals surface area contributed by atoms with Crippen LogP contribution in [0.4, 0.5) is 0 Å². The molecule has 0 aliphatic heterocycles. The summed E-state index contributed by atoms with van der Waals surface area (Å²) in [5, 5.41) is 5.86. The molecule has 110 valence electrons. The fourth-order valence-corrected chi connectivity index (χ4v) is 2.18. The Morgan fingerprint density at radius 3 is 2.75 bits per heavy atom. The van der Waals surface area contributed by atoms with Gasteiger partial charge in [0.2, 0.25) is 0 Å². The highest BCUT2D eigenvalue weighted by atomic mass is 79.9. The predicted molar refractivity (Wildman–Crippen MR) is 85.3 cm³/mol. The summed E-state index contributed by atoms with van der Waals surface area (Å²) in [5.41, 5.74) is 0.499. The van der Waals surface area contributed by atoms with Crippen LogP contribution in [0.5, 0.6) is 5.75 Å². The van der Waals surface area contributed by atoms with E-state index < -0.39 is 0 Å². The molecule has 1 amide bonds. The van der Waals surface area contributed by atoms with Crippen LogP contribution in [0.1, 0.15) is 16.8 Å². The third kappa shape index (κ3) is 5.44. The summed E-state index contributed by atoms with van der Waals surface area (Å²) in [6.45, 7) is 1.30. The average Bonchev–Trinajstić information content (AvgIpc) is 2.43. The van der Waals surface area contributed by atoms with Crippen molar-refractivity contribution in [1.29, 1.82) is 0 Å². The van der Waals surface area contributed by atoms with Gasteiger partial charge in [0.05, 0.1) is 11.6 Å². The maximum Gasteiger partial charge on any atom is 0.257 e. The van der Waals surface area contributed by atoms with Crippen LogP contribution in [0.25, 0.3) is 0 Å². The second-order valence-corrected chi connectivity index (χ2v) is 5.17. The number of rotatable bonds is 6. The van der Waals surface area contributed by atoms with Gasteiger partial charge in [-0.05, 0) is 52.8 Å². The summed E-state index contributed by atoms with van der Waals surface area (Å²) in [4.78, 5) is 12.0. The molecule has 0 radical (unpaired) electrons. The normalized spacial score (nSPS) is 9.95. The standard InChI is InChI=1S/C13H17BrN2O3S/c1-18-7-3-6-15-13(20)16-12(17)9-4-5-11(19-2)10(14)8-9/h4-5,8H,3,6-7H2,1-2H3,(H2,15,16,17,20). The Balaban J connectivity index is 2.49. The van der Waals surface area contributed by atoms with Gasteiger partial charge in [0, 0.05) is 25.8 Å². The Morgan fingerprint density at radius 1 is 1.40 bits per heavy atom.